The van der Waals surface area contributed by atoms with Crippen LogP contribution in [-0.4, -0.2) is 15.4 Å². The standard InChI is InChI=1S/C24H20N2O4/c1-17-11-12-22-25-19(13-23(27)26(22)14-17)16-30-24(28)21-10-6-5-7-18(21)15-29-20-8-3-2-4-9-20/h2-14H,15-16H2,1H3. The summed E-state index contributed by atoms with van der Waals surface area (Å²) in [5, 5.41) is 0. The summed E-state index contributed by atoms with van der Waals surface area (Å²) in [4.78, 5) is 29.4. The number of para-hydroxylation sites is 1. The summed E-state index contributed by atoms with van der Waals surface area (Å²) in [5.74, 6) is 0.227. The minimum Gasteiger partial charge on any atom is -0.489 e. The zero-order valence-electron chi connectivity index (χ0n) is 16.4. The summed E-state index contributed by atoms with van der Waals surface area (Å²) in [6.07, 6.45) is 1.73. The van der Waals surface area contributed by atoms with E-state index in [0.717, 1.165) is 11.3 Å². The van der Waals surface area contributed by atoms with E-state index in [0.29, 0.717) is 22.5 Å². The van der Waals surface area contributed by atoms with Gasteiger partial charge in [0.25, 0.3) is 5.56 Å². The van der Waals surface area contributed by atoms with Gasteiger partial charge in [0.2, 0.25) is 0 Å². The van der Waals surface area contributed by atoms with Crippen LogP contribution in [0, 0.1) is 6.92 Å². The number of pyridine rings is 1. The number of aromatic nitrogens is 2. The van der Waals surface area contributed by atoms with Crippen LogP contribution >= 0.6 is 0 Å². The van der Waals surface area contributed by atoms with Crippen molar-refractivity contribution in [3.05, 3.63) is 112 Å². The Bertz CT molecular complexity index is 1250. The van der Waals surface area contributed by atoms with Crippen molar-refractivity contribution in [1.29, 1.82) is 0 Å². The maximum absolute atomic E-state index is 12.7. The summed E-state index contributed by atoms with van der Waals surface area (Å²) >= 11 is 0. The molecule has 0 aliphatic carbocycles. The monoisotopic (exact) mass is 400 g/mol. The second-order valence-corrected chi connectivity index (χ2v) is 6.86. The van der Waals surface area contributed by atoms with Gasteiger partial charge in [-0.2, -0.15) is 0 Å². The zero-order valence-corrected chi connectivity index (χ0v) is 16.4. The van der Waals surface area contributed by atoms with Crippen LogP contribution in [0.5, 0.6) is 5.75 Å². The summed E-state index contributed by atoms with van der Waals surface area (Å²) in [6, 6.07) is 21.5. The Labute approximate surface area is 173 Å². The van der Waals surface area contributed by atoms with Gasteiger partial charge in [-0.3, -0.25) is 9.20 Å². The maximum atomic E-state index is 12.7. The van der Waals surface area contributed by atoms with Gasteiger partial charge in [-0.05, 0) is 36.8 Å². The van der Waals surface area contributed by atoms with Crippen molar-refractivity contribution in [2.75, 3.05) is 0 Å². The molecule has 0 saturated carbocycles. The number of hydrogen-bond acceptors (Lipinski definition) is 5. The average molecular weight is 400 g/mol. The summed E-state index contributed by atoms with van der Waals surface area (Å²) in [7, 11) is 0. The molecule has 0 fully saturated rings. The van der Waals surface area contributed by atoms with Crippen molar-refractivity contribution in [1.82, 2.24) is 9.38 Å². The molecular formula is C24H20N2O4. The number of carbonyl (C=O) groups excluding carboxylic acids is 1. The number of fused-ring (bicyclic) bond motifs is 1. The van der Waals surface area contributed by atoms with Crippen LogP contribution in [0.2, 0.25) is 0 Å². The predicted molar refractivity (Wildman–Crippen MR) is 113 cm³/mol. The minimum absolute atomic E-state index is 0.0909. The Morgan fingerprint density at radius 3 is 2.57 bits per heavy atom. The van der Waals surface area contributed by atoms with Gasteiger partial charge in [-0.25, -0.2) is 9.78 Å². The van der Waals surface area contributed by atoms with Crippen LogP contribution in [-0.2, 0) is 18.0 Å². The molecule has 0 saturated heterocycles. The normalized spacial score (nSPS) is 10.7. The lowest BCUT2D eigenvalue weighted by atomic mass is 10.1. The number of carbonyl (C=O) groups is 1. The van der Waals surface area contributed by atoms with Gasteiger partial charge in [0, 0.05) is 17.8 Å². The Kier molecular flexibility index (Phi) is 5.57. The lowest BCUT2D eigenvalue weighted by molar-refractivity contribution is 0.0464. The first-order chi connectivity index (χ1) is 14.6. The van der Waals surface area contributed by atoms with E-state index in [2.05, 4.69) is 4.98 Å². The second-order valence-electron chi connectivity index (χ2n) is 6.86. The molecule has 0 unspecified atom stereocenters. The molecular weight excluding hydrogens is 380 g/mol. The zero-order chi connectivity index (χ0) is 20.9. The quantitative estimate of drug-likeness (QED) is 0.459. The van der Waals surface area contributed by atoms with Crippen molar-refractivity contribution < 1.29 is 14.3 Å². The number of nitrogens with zero attached hydrogens (tertiary/aromatic N) is 2. The fourth-order valence-corrected chi connectivity index (χ4v) is 3.07. The molecule has 4 aromatic rings. The molecule has 150 valence electrons. The van der Waals surface area contributed by atoms with E-state index in [1.165, 1.54) is 10.5 Å². The Morgan fingerprint density at radius 1 is 0.967 bits per heavy atom. The molecule has 30 heavy (non-hydrogen) atoms. The Hall–Kier alpha value is -3.93. The molecule has 0 aliphatic heterocycles. The topological polar surface area (TPSA) is 69.9 Å². The van der Waals surface area contributed by atoms with Crippen LogP contribution in [0.1, 0.15) is 27.2 Å². The van der Waals surface area contributed by atoms with Crippen LogP contribution in [0.25, 0.3) is 5.65 Å². The fraction of sp³-hybridized carbons (Fsp3) is 0.125. The molecule has 0 N–H and O–H groups in total. The molecule has 0 spiro atoms. The van der Waals surface area contributed by atoms with Gasteiger partial charge >= 0.3 is 5.97 Å². The lowest BCUT2D eigenvalue weighted by Gasteiger charge is -2.11. The van der Waals surface area contributed by atoms with Crippen molar-refractivity contribution in [2.24, 2.45) is 0 Å². The molecule has 0 amide bonds. The molecule has 0 aliphatic rings. The summed E-state index contributed by atoms with van der Waals surface area (Å²) < 4.78 is 12.7. The largest absolute Gasteiger partial charge is 0.489 e. The summed E-state index contributed by atoms with van der Waals surface area (Å²) in [5.41, 5.74) is 2.78. The number of rotatable bonds is 6. The molecule has 4 rings (SSSR count). The van der Waals surface area contributed by atoms with Gasteiger partial charge < -0.3 is 9.47 Å². The molecule has 6 heteroatoms. The highest BCUT2D eigenvalue weighted by Crippen LogP contribution is 2.16. The van der Waals surface area contributed by atoms with Crippen molar-refractivity contribution in [3.8, 4) is 5.75 Å². The fourth-order valence-electron chi connectivity index (χ4n) is 3.07. The van der Waals surface area contributed by atoms with E-state index in [1.807, 2.05) is 55.5 Å². The van der Waals surface area contributed by atoms with E-state index in [-0.39, 0.29) is 18.8 Å². The average Bonchev–Trinajstić information content (AvgIpc) is 2.77. The summed E-state index contributed by atoms with van der Waals surface area (Å²) in [6.45, 7) is 2.05. The molecule has 0 radical (unpaired) electrons. The van der Waals surface area contributed by atoms with E-state index < -0.39 is 5.97 Å². The third-order valence-electron chi connectivity index (χ3n) is 4.59. The van der Waals surface area contributed by atoms with E-state index >= 15 is 0 Å². The SMILES string of the molecule is Cc1ccc2nc(COC(=O)c3ccccc3COc3ccccc3)cc(=O)n2c1. The Balaban J connectivity index is 1.47. The first-order valence-corrected chi connectivity index (χ1v) is 9.52. The van der Waals surface area contributed by atoms with Gasteiger partial charge in [-0.15, -0.1) is 0 Å². The lowest BCUT2D eigenvalue weighted by Crippen LogP contribution is -2.17. The van der Waals surface area contributed by atoms with Gasteiger partial charge in [0.15, 0.2) is 0 Å². The van der Waals surface area contributed by atoms with E-state index in [4.69, 9.17) is 9.47 Å². The highest BCUT2D eigenvalue weighted by molar-refractivity contribution is 5.91. The van der Waals surface area contributed by atoms with Gasteiger partial charge in [0.1, 0.15) is 24.6 Å². The van der Waals surface area contributed by atoms with Crippen molar-refractivity contribution in [2.45, 2.75) is 20.1 Å². The van der Waals surface area contributed by atoms with Crippen molar-refractivity contribution >= 4 is 11.6 Å². The van der Waals surface area contributed by atoms with Crippen molar-refractivity contribution in [3.63, 3.8) is 0 Å². The first-order valence-electron chi connectivity index (χ1n) is 9.52. The third kappa shape index (κ3) is 4.38. The number of benzene rings is 2. The van der Waals surface area contributed by atoms with Crippen LogP contribution in [0.15, 0.2) is 83.8 Å². The molecule has 2 heterocycles. The number of ether oxygens (including phenoxy) is 2. The molecule has 0 bridgehead atoms. The molecule has 0 atom stereocenters. The smallest absolute Gasteiger partial charge is 0.338 e. The van der Waals surface area contributed by atoms with Crippen LogP contribution in [0.4, 0.5) is 0 Å². The highest BCUT2D eigenvalue weighted by Gasteiger charge is 2.14. The molecule has 6 nitrogen and oxygen atoms in total. The highest BCUT2D eigenvalue weighted by atomic mass is 16.5. The van der Waals surface area contributed by atoms with Crippen LogP contribution in [0.3, 0.4) is 0 Å². The van der Waals surface area contributed by atoms with Crippen LogP contribution < -0.4 is 10.3 Å². The van der Waals surface area contributed by atoms with E-state index in [9.17, 15) is 9.59 Å². The Morgan fingerprint density at radius 2 is 1.73 bits per heavy atom. The second kappa shape index (κ2) is 8.61. The predicted octanol–water partition coefficient (Wildman–Crippen LogP) is 3.94. The van der Waals surface area contributed by atoms with Gasteiger partial charge in [-0.1, -0.05) is 42.5 Å². The number of aryl methyl sites for hydroxylation is 1. The first kappa shape index (κ1) is 19.4. The number of esters is 1. The van der Waals surface area contributed by atoms with E-state index in [1.54, 1.807) is 24.4 Å². The maximum Gasteiger partial charge on any atom is 0.338 e. The molecule has 2 aromatic heterocycles. The third-order valence-corrected chi connectivity index (χ3v) is 4.59. The number of hydrogen-bond donors (Lipinski definition) is 0. The molecule has 2 aromatic carbocycles. The minimum atomic E-state index is -0.492. The van der Waals surface area contributed by atoms with Gasteiger partial charge in [0.05, 0.1) is 11.3 Å².